The summed E-state index contributed by atoms with van der Waals surface area (Å²) in [6.45, 7) is 19.9. The number of amides is 1. The summed E-state index contributed by atoms with van der Waals surface area (Å²) in [6, 6.07) is 19.0. The molecule has 1 amide bonds. The molecule has 13 heteroatoms. The molecule has 264 valence electrons. The molecule has 0 aliphatic heterocycles. The van der Waals surface area contributed by atoms with Crippen LogP contribution in [0.25, 0.3) is 49.4 Å². The van der Waals surface area contributed by atoms with Gasteiger partial charge in [-0.25, -0.2) is 24.8 Å². The van der Waals surface area contributed by atoms with Gasteiger partial charge in [-0.3, -0.25) is 4.79 Å². The van der Waals surface area contributed by atoms with Crippen LogP contribution < -0.4 is 5.73 Å². The first kappa shape index (κ1) is 34.5. The number of fused-ring (bicyclic) bond motifs is 2. The van der Waals surface area contributed by atoms with Crippen molar-refractivity contribution in [1.29, 1.82) is 0 Å². The molecule has 2 N–H and O–H groups in total. The summed E-state index contributed by atoms with van der Waals surface area (Å²) in [4.78, 5) is 32.9. The molecule has 0 unspecified atom stereocenters. The fourth-order valence-corrected chi connectivity index (χ4v) is 6.52. The Hall–Kier alpha value is -6.94. The zero-order valence-electron chi connectivity index (χ0n) is 30.2. The lowest BCUT2D eigenvalue weighted by atomic mass is 10.1. The first-order valence-electron chi connectivity index (χ1n) is 16.9. The molecule has 53 heavy (non-hydrogen) atoms. The summed E-state index contributed by atoms with van der Waals surface area (Å²) >= 11 is 0. The lowest BCUT2D eigenvalue weighted by Crippen LogP contribution is -2.11. The molecule has 0 fully saturated rings. The van der Waals surface area contributed by atoms with Crippen molar-refractivity contribution in [3.8, 4) is 22.3 Å². The Morgan fingerprint density at radius 2 is 1.13 bits per heavy atom. The van der Waals surface area contributed by atoms with Crippen molar-refractivity contribution in [3.05, 3.63) is 136 Å². The van der Waals surface area contributed by atoms with Crippen LogP contribution in [0.3, 0.4) is 0 Å². The molecule has 2 aromatic carbocycles. The van der Waals surface area contributed by atoms with E-state index in [2.05, 4.69) is 56.4 Å². The van der Waals surface area contributed by atoms with E-state index in [1.54, 1.807) is 18.3 Å². The third kappa shape index (κ3) is 6.77. The van der Waals surface area contributed by atoms with Crippen LogP contribution in [0.15, 0.2) is 82.1 Å². The van der Waals surface area contributed by atoms with Gasteiger partial charge in [0, 0.05) is 53.3 Å². The highest BCUT2D eigenvalue weighted by molar-refractivity contribution is 5.92. The average molecular weight is 705 g/mol. The lowest BCUT2D eigenvalue weighted by Gasteiger charge is -2.08. The van der Waals surface area contributed by atoms with Crippen molar-refractivity contribution >= 4 is 33.9 Å². The molecule has 0 saturated carbocycles. The number of imidazole rings is 2. The largest absolute Gasteiger partial charge is 0.366 e. The second-order valence-corrected chi connectivity index (χ2v) is 12.9. The number of aryl methyl sites for hydroxylation is 6. The average Bonchev–Trinajstić information content (AvgIpc) is 3.87. The Morgan fingerprint density at radius 1 is 0.698 bits per heavy atom. The fraction of sp³-hybridized carbons (Fsp3) is 0.200. The fourth-order valence-electron chi connectivity index (χ4n) is 6.52. The SMILES string of the molecule is Cc1noc(C)c1-c1cnc2nc(C)n(Cc3ccc(C(N)=O)cc3)c2c1.[C-]#[N+]c1ccc(Cn2c(C)nc3ncc(-c4c(C)noc4C)cc32)cc1. The molecule has 6 aromatic heterocycles. The molecule has 0 aliphatic carbocycles. The number of carbonyl (C=O) groups is 1. The van der Waals surface area contributed by atoms with Gasteiger partial charge in [0.15, 0.2) is 17.0 Å². The van der Waals surface area contributed by atoms with E-state index in [0.717, 1.165) is 84.6 Å². The quantitative estimate of drug-likeness (QED) is 0.163. The van der Waals surface area contributed by atoms with Gasteiger partial charge in [-0.05, 0) is 76.9 Å². The zero-order valence-corrected chi connectivity index (χ0v) is 30.2. The standard InChI is InChI=1S/C20H19N5O2.C20H17N5O/c1-11-18(12(2)27-24-11)16-8-17-20(22-9-16)23-13(3)25(17)10-14-4-6-15(7-5-14)19(21)26;1-12-19(13(2)26-24-12)16-9-18-20(22-10-16)23-14(3)25(18)11-15-5-7-17(21-4)8-6-15/h4-9H,10H2,1-3H3,(H2,21,26);5-10H,11H2,1-3H3. The molecule has 8 rings (SSSR count). The Balaban J connectivity index is 0.000000164. The van der Waals surface area contributed by atoms with Crippen molar-refractivity contribution in [3.63, 3.8) is 0 Å². The summed E-state index contributed by atoms with van der Waals surface area (Å²) in [7, 11) is 0. The predicted molar refractivity (Wildman–Crippen MR) is 200 cm³/mol. The number of pyridine rings is 2. The number of hydrogen-bond acceptors (Lipinski definition) is 9. The summed E-state index contributed by atoms with van der Waals surface area (Å²) in [5.74, 6) is 2.88. The van der Waals surface area contributed by atoms with E-state index in [1.165, 1.54) is 0 Å². The molecule has 0 aliphatic rings. The molecular formula is C40H36N10O3. The van der Waals surface area contributed by atoms with Gasteiger partial charge in [-0.15, -0.1) is 0 Å². The topological polar surface area (TPSA) is 161 Å². The van der Waals surface area contributed by atoms with Crippen LogP contribution in [0, 0.1) is 48.1 Å². The first-order valence-corrected chi connectivity index (χ1v) is 16.9. The summed E-state index contributed by atoms with van der Waals surface area (Å²) in [6.07, 6.45) is 3.61. The Kier molecular flexibility index (Phi) is 9.11. The predicted octanol–water partition coefficient (Wildman–Crippen LogP) is 7.77. The van der Waals surface area contributed by atoms with Crippen LogP contribution in [0.2, 0.25) is 0 Å². The minimum atomic E-state index is -0.431. The van der Waals surface area contributed by atoms with E-state index < -0.39 is 5.91 Å². The molecule has 13 nitrogen and oxygen atoms in total. The van der Waals surface area contributed by atoms with E-state index in [9.17, 15) is 4.79 Å². The first-order chi connectivity index (χ1) is 25.5. The summed E-state index contributed by atoms with van der Waals surface area (Å²) in [5, 5.41) is 8.06. The molecular weight excluding hydrogens is 669 g/mol. The Morgan fingerprint density at radius 3 is 1.51 bits per heavy atom. The Labute approximate surface area is 304 Å². The van der Waals surface area contributed by atoms with Crippen molar-refractivity contribution in [2.45, 2.75) is 54.6 Å². The maximum absolute atomic E-state index is 11.2. The van der Waals surface area contributed by atoms with Crippen molar-refractivity contribution in [2.24, 2.45) is 5.73 Å². The van der Waals surface area contributed by atoms with E-state index in [-0.39, 0.29) is 0 Å². The number of nitrogens with zero attached hydrogens (tertiary/aromatic N) is 9. The zero-order chi connectivity index (χ0) is 37.4. The summed E-state index contributed by atoms with van der Waals surface area (Å²) in [5.41, 5.74) is 17.5. The number of aromatic nitrogens is 8. The van der Waals surface area contributed by atoms with Gasteiger partial charge < -0.3 is 23.9 Å². The molecule has 0 bridgehead atoms. The minimum Gasteiger partial charge on any atom is -0.366 e. The Bertz CT molecular complexity index is 2630. The smallest absolute Gasteiger partial charge is 0.248 e. The van der Waals surface area contributed by atoms with Crippen molar-refractivity contribution < 1.29 is 13.8 Å². The van der Waals surface area contributed by atoms with Gasteiger partial charge in [0.25, 0.3) is 0 Å². The molecule has 0 saturated heterocycles. The van der Waals surface area contributed by atoms with E-state index in [0.29, 0.717) is 30.0 Å². The van der Waals surface area contributed by atoms with E-state index in [1.807, 2.05) is 84.1 Å². The number of carbonyl (C=O) groups excluding carboxylic acids is 1. The van der Waals surface area contributed by atoms with E-state index >= 15 is 0 Å². The van der Waals surface area contributed by atoms with Crippen molar-refractivity contribution in [2.75, 3.05) is 0 Å². The van der Waals surface area contributed by atoms with Crippen LogP contribution >= 0.6 is 0 Å². The highest BCUT2D eigenvalue weighted by Crippen LogP contribution is 2.31. The number of hydrogen-bond donors (Lipinski definition) is 1. The highest BCUT2D eigenvalue weighted by atomic mass is 16.5. The molecule has 6 heterocycles. The monoisotopic (exact) mass is 704 g/mol. The van der Waals surface area contributed by atoms with Gasteiger partial charge in [0.2, 0.25) is 5.91 Å². The number of benzene rings is 2. The van der Waals surface area contributed by atoms with Gasteiger partial charge in [0.05, 0.1) is 29.0 Å². The summed E-state index contributed by atoms with van der Waals surface area (Å²) < 4.78 is 14.8. The van der Waals surface area contributed by atoms with Gasteiger partial charge in [-0.1, -0.05) is 46.7 Å². The molecule has 0 spiro atoms. The third-order valence-electron chi connectivity index (χ3n) is 9.22. The maximum Gasteiger partial charge on any atom is 0.248 e. The number of nitrogens with two attached hydrogens (primary N) is 1. The van der Waals surface area contributed by atoms with Gasteiger partial charge in [-0.2, -0.15) is 0 Å². The highest BCUT2D eigenvalue weighted by Gasteiger charge is 2.17. The van der Waals surface area contributed by atoms with Gasteiger partial charge >= 0.3 is 0 Å². The van der Waals surface area contributed by atoms with E-state index in [4.69, 9.17) is 21.4 Å². The van der Waals surface area contributed by atoms with Crippen LogP contribution in [0.5, 0.6) is 0 Å². The lowest BCUT2D eigenvalue weighted by molar-refractivity contribution is 0.1000. The molecule has 0 atom stereocenters. The molecule has 0 radical (unpaired) electrons. The third-order valence-corrected chi connectivity index (χ3v) is 9.22. The minimum absolute atomic E-state index is 0.431. The van der Waals surface area contributed by atoms with Crippen molar-refractivity contribution in [1.82, 2.24) is 39.4 Å². The van der Waals surface area contributed by atoms with Crippen LogP contribution in [0.4, 0.5) is 5.69 Å². The molecule has 8 aromatic rings. The second-order valence-electron chi connectivity index (χ2n) is 12.9. The number of primary amides is 1. The normalized spacial score (nSPS) is 11.1. The van der Waals surface area contributed by atoms with Gasteiger partial charge in [0.1, 0.15) is 23.2 Å². The van der Waals surface area contributed by atoms with Crippen LogP contribution in [0.1, 0.15) is 56.0 Å². The van der Waals surface area contributed by atoms with Crippen LogP contribution in [-0.2, 0) is 13.1 Å². The maximum atomic E-state index is 11.2. The second kappa shape index (κ2) is 14.0. The number of rotatable bonds is 7. The van der Waals surface area contributed by atoms with Crippen LogP contribution in [-0.4, -0.2) is 45.3 Å².